The van der Waals surface area contributed by atoms with Crippen LogP contribution in [-0.4, -0.2) is 24.6 Å². The minimum atomic E-state index is 0.736. The van der Waals surface area contributed by atoms with Gasteiger partial charge in [0.2, 0.25) is 0 Å². The molecule has 90 valence electrons. The minimum Gasteiger partial charge on any atom is -0.316 e. The first-order valence-electron chi connectivity index (χ1n) is 6.42. The fraction of sp³-hybridized carbons (Fsp3) is 1.00. The van der Waals surface area contributed by atoms with E-state index in [0.717, 1.165) is 23.8 Å². The lowest BCUT2D eigenvalue weighted by molar-refractivity contribution is 0.188. The summed E-state index contributed by atoms with van der Waals surface area (Å²) < 4.78 is 0. The summed E-state index contributed by atoms with van der Waals surface area (Å²) in [5.74, 6) is 5.31. The second-order valence-corrected chi connectivity index (χ2v) is 6.55. The summed E-state index contributed by atoms with van der Waals surface area (Å²) >= 11 is 2.07. The molecule has 0 aliphatic heterocycles. The summed E-state index contributed by atoms with van der Waals surface area (Å²) in [6, 6.07) is 0.736. The molecule has 0 aromatic heterocycles. The molecule has 1 aliphatic rings. The zero-order valence-electron chi connectivity index (χ0n) is 10.8. The molecule has 0 aromatic carbocycles. The van der Waals surface area contributed by atoms with E-state index >= 15 is 0 Å². The molecule has 0 saturated heterocycles. The average molecular weight is 229 g/mol. The molecule has 0 bridgehead atoms. The highest BCUT2D eigenvalue weighted by atomic mass is 32.2. The quantitative estimate of drug-likeness (QED) is 0.775. The van der Waals surface area contributed by atoms with E-state index < -0.39 is 0 Å². The topological polar surface area (TPSA) is 12.0 Å². The molecule has 1 saturated carbocycles. The summed E-state index contributed by atoms with van der Waals surface area (Å²) in [5, 5.41) is 3.53. The molecule has 1 fully saturated rings. The van der Waals surface area contributed by atoms with Gasteiger partial charge in [0.25, 0.3) is 0 Å². The van der Waals surface area contributed by atoms with Crippen LogP contribution in [0.4, 0.5) is 0 Å². The van der Waals surface area contributed by atoms with Crippen LogP contribution in [0.1, 0.15) is 40.0 Å². The monoisotopic (exact) mass is 229 g/mol. The van der Waals surface area contributed by atoms with E-state index in [0.29, 0.717) is 0 Å². The fourth-order valence-corrected chi connectivity index (χ4v) is 3.97. The van der Waals surface area contributed by atoms with Crippen molar-refractivity contribution in [3.63, 3.8) is 0 Å². The highest BCUT2D eigenvalue weighted by Crippen LogP contribution is 2.35. The van der Waals surface area contributed by atoms with Crippen LogP contribution < -0.4 is 5.32 Å². The zero-order valence-corrected chi connectivity index (χ0v) is 11.6. The van der Waals surface area contributed by atoms with Gasteiger partial charge in [-0.3, -0.25) is 0 Å². The van der Waals surface area contributed by atoms with Crippen molar-refractivity contribution in [2.24, 2.45) is 17.8 Å². The smallest absolute Gasteiger partial charge is 0.0183 e. The van der Waals surface area contributed by atoms with E-state index in [2.05, 4.69) is 44.9 Å². The maximum absolute atomic E-state index is 3.53. The van der Waals surface area contributed by atoms with Gasteiger partial charge in [-0.1, -0.05) is 20.8 Å². The van der Waals surface area contributed by atoms with Crippen molar-refractivity contribution in [1.82, 2.24) is 5.32 Å². The summed E-state index contributed by atoms with van der Waals surface area (Å²) in [4.78, 5) is 0. The summed E-state index contributed by atoms with van der Waals surface area (Å²) in [6.07, 6.45) is 4.30. The Hall–Kier alpha value is 0.310. The first-order valence-corrected chi connectivity index (χ1v) is 7.57. The van der Waals surface area contributed by atoms with Crippen molar-refractivity contribution >= 4 is 11.8 Å². The third kappa shape index (κ3) is 4.36. The van der Waals surface area contributed by atoms with E-state index in [-0.39, 0.29) is 0 Å². The first-order chi connectivity index (χ1) is 7.17. The molecule has 0 aromatic rings. The van der Waals surface area contributed by atoms with Crippen LogP contribution in [0, 0.1) is 17.8 Å². The summed E-state index contributed by atoms with van der Waals surface area (Å²) in [7, 11) is 2.13. The van der Waals surface area contributed by atoms with Crippen molar-refractivity contribution in [2.75, 3.05) is 18.6 Å². The molecule has 3 atom stereocenters. The molecule has 0 heterocycles. The molecule has 2 heteroatoms. The Morgan fingerprint density at radius 3 is 2.27 bits per heavy atom. The maximum atomic E-state index is 3.53. The Morgan fingerprint density at radius 1 is 1.20 bits per heavy atom. The van der Waals surface area contributed by atoms with Gasteiger partial charge in [-0.05, 0) is 49.8 Å². The predicted molar refractivity (Wildman–Crippen MR) is 71.5 cm³/mol. The number of rotatable bonds is 5. The Kier molecular flexibility index (Phi) is 6.06. The van der Waals surface area contributed by atoms with E-state index in [1.165, 1.54) is 30.8 Å². The lowest BCUT2D eigenvalue weighted by Crippen LogP contribution is -2.39. The molecule has 1 aliphatic carbocycles. The van der Waals surface area contributed by atoms with Gasteiger partial charge < -0.3 is 5.32 Å². The molecular weight excluding hydrogens is 202 g/mol. The van der Waals surface area contributed by atoms with Crippen LogP contribution in [0.2, 0.25) is 0 Å². The van der Waals surface area contributed by atoms with Crippen LogP contribution in [0.15, 0.2) is 0 Å². The molecule has 3 unspecified atom stereocenters. The van der Waals surface area contributed by atoms with Crippen molar-refractivity contribution in [1.29, 1.82) is 0 Å². The van der Waals surface area contributed by atoms with Crippen LogP contribution >= 0.6 is 11.8 Å². The van der Waals surface area contributed by atoms with Crippen molar-refractivity contribution in [2.45, 2.75) is 46.1 Å². The average Bonchev–Trinajstić information content (AvgIpc) is 2.17. The zero-order chi connectivity index (χ0) is 11.3. The molecule has 0 radical (unpaired) electrons. The van der Waals surface area contributed by atoms with Gasteiger partial charge in [0.15, 0.2) is 0 Å². The van der Waals surface area contributed by atoms with Gasteiger partial charge in [-0.2, -0.15) is 11.8 Å². The predicted octanol–water partition coefficient (Wildman–Crippen LogP) is 3.40. The molecule has 15 heavy (non-hydrogen) atoms. The van der Waals surface area contributed by atoms with Crippen molar-refractivity contribution in [3.05, 3.63) is 0 Å². The summed E-state index contributed by atoms with van der Waals surface area (Å²) in [5.41, 5.74) is 0. The summed E-state index contributed by atoms with van der Waals surface area (Å²) in [6.45, 7) is 7.09. The normalized spacial score (nSPS) is 34.0. The second kappa shape index (κ2) is 6.80. The van der Waals surface area contributed by atoms with E-state index in [4.69, 9.17) is 0 Å². The second-order valence-electron chi connectivity index (χ2n) is 5.23. The van der Waals surface area contributed by atoms with Crippen molar-refractivity contribution < 1.29 is 0 Å². The maximum Gasteiger partial charge on any atom is 0.0183 e. The SMILES string of the molecule is CCSCC(NC)C1CC(C)CC(C)C1. The van der Waals surface area contributed by atoms with E-state index in [1.54, 1.807) is 0 Å². The molecule has 0 spiro atoms. The van der Waals surface area contributed by atoms with Crippen LogP contribution in [0.25, 0.3) is 0 Å². The number of hydrogen-bond acceptors (Lipinski definition) is 2. The third-order valence-corrected chi connectivity index (χ3v) is 4.66. The van der Waals surface area contributed by atoms with E-state index in [1.807, 2.05) is 0 Å². The van der Waals surface area contributed by atoms with Gasteiger partial charge in [0.05, 0.1) is 0 Å². The molecule has 1 nitrogen and oxygen atoms in total. The van der Waals surface area contributed by atoms with Crippen molar-refractivity contribution in [3.8, 4) is 0 Å². The minimum absolute atomic E-state index is 0.736. The van der Waals surface area contributed by atoms with Crippen LogP contribution in [-0.2, 0) is 0 Å². The standard InChI is InChI=1S/C13H27NS/c1-5-15-9-13(14-4)12-7-10(2)6-11(3)8-12/h10-14H,5-9H2,1-4H3. The molecule has 0 amide bonds. The largest absolute Gasteiger partial charge is 0.316 e. The Morgan fingerprint density at radius 2 is 1.80 bits per heavy atom. The highest BCUT2D eigenvalue weighted by molar-refractivity contribution is 7.99. The molecule has 1 N–H and O–H groups in total. The number of hydrogen-bond donors (Lipinski definition) is 1. The first kappa shape index (κ1) is 13.4. The Balaban J connectivity index is 2.43. The van der Waals surface area contributed by atoms with E-state index in [9.17, 15) is 0 Å². The Labute approximate surface area is 99.8 Å². The van der Waals surface area contributed by atoms with Crippen LogP contribution in [0.5, 0.6) is 0 Å². The fourth-order valence-electron chi connectivity index (χ4n) is 3.04. The number of nitrogens with one attached hydrogen (secondary N) is 1. The van der Waals surface area contributed by atoms with Gasteiger partial charge >= 0.3 is 0 Å². The highest BCUT2D eigenvalue weighted by Gasteiger charge is 2.28. The lowest BCUT2D eigenvalue weighted by Gasteiger charge is -2.36. The van der Waals surface area contributed by atoms with Gasteiger partial charge in [0.1, 0.15) is 0 Å². The molecular formula is C13H27NS. The van der Waals surface area contributed by atoms with Crippen LogP contribution in [0.3, 0.4) is 0 Å². The third-order valence-electron chi connectivity index (χ3n) is 3.66. The van der Waals surface area contributed by atoms with Gasteiger partial charge in [0, 0.05) is 11.8 Å². The molecule has 1 rings (SSSR count). The van der Waals surface area contributed by atoms with Gasteiger partial charge in [-0.15, -0.1) is 0 Å². The lowest BCUT2D eigenvalue weighted by atomic mass is 9.74. The van der Waals surface area contributed by atoms with Gasteiger partial charge in [-0.25, -0.2) is 0 Å². The number of thioether (sulfide) groups is 1. The Bertz CT molecular complexity index is 162.